The van der Waals surface area contributed by atoms with Crippen LogP contribution < -0.4 is 15.2 Å². The lowest BCUT2D eigenvalue weighted by molar-refractivity contribution is 0.206. The SMILES string of the molecule is CCCN1CC=C2C(C#N)=C(N)C(C#N)(C#N)[C@H](c3ccc(OC(C)C)c(OCC)c3)[C@@H]2C1. The molecule has 0 radical (unpaired) electrons. The molecule has 1 aliphatic carbocycles. The maximum Gasteiger partial charge on any atom is 0.191 e. The van der Waals surface area contributed by atoms with Crippen molar-refractivity contribution in [2.24, 2.45) is 17.1 Å². The number of nitrogens with zero attached hydrogens (tertiary/aromatic N) is 4. The molecule has 0 fully saturated rings. The number of benzene rings is 1. The summed E-state index contributed by atoms with van der Waals surface area (Å²) >= 11 is 0. The van der Waals surface area contributed by atoms with Crippen molar-refractivity contribution in [2.75, 3.05) is 26.2 Å². The van der Waals surface area contributed by atoms with Gasteiger partial charge in [-0.3, -0.25) is 4.90 Å². The minimum atomic E-state index is -1.66. The molecular formula is C26H31N5O2. The molecular weight excluding hydrogens is 414 g/mol. The normalized spacial score (nSPS) is 21.9. The largest absolute Gasteiger partial charge is 0.490 e. The minimum Gasteiger partial charge on any atom is -0.490 e. The van der Waals surface area contributed by atoms with E-state index in [0.717, 1.165) is 24.1 Å². The molecule has 1 aromatic carbocycles. The first-order valence-corrected chi connectivity index (χ1v) is 11.5. The Balaban J connectivity index is 2.24. The fraction of sp³-hybridized carbons (Fsp3) is 0.500. The van der Waals surface area contributed by atoms with Gasteiger partial charge >= 0.3 is 0 Å². The summed E-state index contributed by atoms with van der Waals surface area (Å²) in [5.41, 5.74) is 6.65. The van der Waals surface area contributed by atoms with Crippen molar-refractivity contribution >= 4 is 0 Å². The van der Waals surface area contributed by atoms with Crippen molar-refractivity contribution in [1.29, 1.82) is 15.8 Å². The van der Waals surface area contributed by atoms with E-state index in [-0.39, 0.29) is 23.3 Å². The third-order valence-corrected chi connectivity index (χ3v) is 6.27. The van der Waals surface area contributed by atoms with Crippen molar-refractivity contribution in [1.82, 2.24) is 4.90 Å². The lowest BCUT2D eigenvalue weighted by Crippen LogP contribution is -2.48. The van der Waals surface area contributed by atoms with Gasteiger partial charge in [-0.15, -0.1) is 0 Å². The van der Waals surface area contributed by atoms with Crippen molar-refractivity contribution in [3.05, 3.63) is 46.7 Å². The van der Waals surface area contributed by atoms with Crippen LogP contribution in [0.5, 0.6) is 11.5 Å². The van der Waals surface area contributed by atoms with E-state index < -0.39 is 11.3 Å². The number of nitriles is 3. The first kappa shape index (κ1) is 24.2. The highest BCUT2D eigenvalue weighted by Gasteiger charge is 2.54. The van der Waals surface area contributed by atoms with Crippen LogP contribution in [0.25, 0.3) is 0 Å². The van der Waals surface area contributed by atoms with Crippen LogP contribution in [-0.2, 0) is 0 Å². The maximum absolute atomic E-state index is 10.3. The minimum absolute atomic E-state index is 0.0331. The highest BCUT2D eigenvalue weighted by Crippen LogP contribution is 2.54. The van der Waals surface area contributed by atoms with Crippen LogP contribution in [-0.4, -0.2) is 37.2 Å². The Hall–Kier alpha value is -3.47. The van der Waals surface area contributed by atoms with E-state index in [0.29, 0.717) is 31.2 Å². The Morgan fingerprint density at radius 3 is 2.48 bits per heavy atom. The zero-order valence-electron chi connectivity index (χ0n) is 19.8. The first-order chi connectivity index (χ1) is 15.9. The number of hydrogen-bond acceptors (Lipinski definition) is 7. The third kappa shape index (κ3) is 4.28. The smallest absolute Gasteiger partial charge is 0.191 e. The number of rotatable bonds is 7. The predicted molar refractivity (Wildman–Crippen MR) is 125 cm³/mol. The zero-order chi connectivity index (χ0) is 24.2. The van der Waals surface area contributed by atoms with E-state index >= 15 is 0 Å². The zero-order valence-corrected chi connectivity index (χ0v) is 19.8. The average molecular weight is 446 g/mol. The van der Waals surface area contributed by atoms with Gasteiger partial charge in [0.05, 0.1) is 36.1 Å². The van der Waals surface area contributed by atoms with Gasteiger partial charge in [-0.05, 0) is 57.0 Å². The second-order valence-electron chi connectivity index (χ2n) is 8.74. The molecule has 1 aromatic rings. The predicted octanol–water partition coefficient (Wildman–Crippen LogP) is 4.01. The monoisotopic (exact) mass is 445 g/mol. The summed E-state index contributed by atoms with van der Waals surface area (Å²) in [6.07, 6.45) is 2.98. The molecule has 1 heterocycles. The Labute approximate surface area is 196 Å². The van der Waals surface area contributed by atoms with Gasteiger partial charge in [-0.25, -0.2) is 0 Å². The quantitative estimate of drug-likeness (QED) is 0.673. The summed E-state index contributed by atoms with van der Waals surface area (Å²) in [7, 11) is 0. The van der Waals surface area contributed by atoms with Crippen LogP contribution >= 0.6 is 0 Å². The molecule has 0 bridgehead atoms. The standard InChI is InChI=1S/C26H31N5O2/c1-5-10-31-11-9-19-20(13-27)25(30)26(15-28,16-29)24(21(19)14-31)18-7-8-22(33-17(3)4)23(12-18)32-6-2/h7-9,12,17,21,24H,5-6,10-11,14,30H2,1-4H3/t21-,24-/m1/s1. The molecule has 1 aliphatic heterocycles. The second kappa shape index (κ2) is 9.99. The molecule has 33 heavy (non-hydrogen) atoms. The summed E-state index contributed by atoms with van der Waals surface area (Å²) in [5, 5.41) is 30.4. The van der Waals surface area contributed by atoms with Gasteiger partial charge in [0.1, 0.15) is 6.07 Å². The molecule has 3 rings (SSSR count). The van der Waals surface area contributed by atoms with E-state index in [9.17, 15) is 15.8 Å². The topological polar surface area (TPSA) is 119 Å². The van der Waals surface area contributed by atoms with Crippen LogP contribution in [0.4, 0.5) is 0 Å². The van der Waals surface area contributed by atoms with Crippen molar-refractivity contribution in [2.45, 2.75) is 46.1 Å². The van der Waals surface area contributed by atoms with E-state index in [4.69, 9.17) is 15.2 Å². The molecule has 0 saturated carbocycles. The van der Waals surface area contributed by atoms with Crippen molar-refractivity contribution < 1.29 is 9.47 Å². The highest BCUT2D eigenvalue weighted by atomic mass is 16.5. The van der Waals surface area contributed by atoms with Crippen LogP contribution in [0.1, 0.15) is 45.6 Å². The van der Waals surface area contributed by atoms with Gasteiger partial charge in [0, 0.05) is 24.9 Å². The van der Waals surface area contributed by atoms with E-state index in [1.807, 2.05) is 45.0 Å². The highest BCUT2D eigenvalue weighted by molar-refractivity contribution is 5.60. The molecule has 0 saturated heterocycles. The summed E-state index contributed by atoms with van der Waals surface area (Å²) in [5.74, 6) is 0.397. The number of hydrogen-bond donors (Lipinski definition) is 1. The summed E-state index contributed by atoms with van der Waals surface area (Å²) in [6, 6.07) is 12.1. The number of allylic oxidation sites excluding steroid dienone is 2. The Morgan fingerprint density at radius 1 is 1.18 bits per heavy atom. The lowest BCUT2D eigenvalue weighted by Gasteiger charge is -2.45. The van der Waals surface area contributed by atoms with E-state index in [2.05, 4.69) is 30.0 Å². The van der Waals surface area contributed by atoms with Gasteiger partial charge in [-0.2, -0.15) is 15.8 Å². The number of fused-ring (bicyclic) bond motifs is 1. The molecule has 2 atom stereocenters. The summed E-state index contributed by atoms with van der Waals surface area (Å²) in [4.78, 5) is 2.29. The van der Waals surface area contributed by atoms with Crippen LogP contribution in [0, 0.1) is 45.3 Å². The third-order valence-electron chi connectivity index (χ3n) is 6.27. The van der Waals surface area contributed by atoms with Gasteiger partial charge in [0.2, 0.25) is 0 Å². The van der Waals surface area contributed by atoms with E-state index in [1.54, 1.807) is 0 Å². The van der Waals surface area contributed by atoms with Crippen molar-refractivity contribution in [3.63, 3.8) is 0 Å². The molecule has 7 nitrogen and oxygen atoms in total. The molecule has 0 aromatic heterocycles. The van der Waals surface area contributed by atoms with Gasteiger partial charge in [0.15, 0.2) is 16.9 Å². The number of nitrogens with two attached hydrogens (primary N) is 1. The summed E-state index contributed by atoms with van der Waals surface area (Å²) < 4.78 is 11.8. The Bertz CT molecular complexity index is 1070. The number of ether oxygens (including phenoxy) is 2. The Morgan fingerprint density at radius 2 is 1.91 bits per heavy atom. The van der Waals surface area contributed by atoms with Gasteiger partial charge in [-0.1, -0.05) is 19.1 Å². The van der Waals surface area contributed by atoms with Crippen LogP contribution in [0.15, 0.2) is 41.1 Å². The van der Waals surface area contributed by atoms with Gasteiger partial charge < -0.3 is 15.2 Å². The second-order valence-corrected chi connectivity index (χ2v) is 8.74. The molecule has 7 heteroatoms. The van der Waals surface area contributed by atoms with Crippen LogP contribution in [0.3, 0.4) is 0 Å². The molecule has 2 aliphatic rings. The summed E-state index contributed by atoms with van der Waals surface area (Å²) in [6.45, 7) is 10.6. The fourth-order valence-electron chi connectivity index (χ4n) is 4.95. The fourth-order valence-corrected chi connectivity index (χ4v) is 4.95. The van der Waals surface area contributed by atoms with Crippen LogP contribution in [0.2, 0.25) is 0 Å². The molecule has 2 N–H and O–H groups in total. The Kier molecular flexibility index (Phi) is 7.32. The lowest BCUT2D eigenvalue weighted by atomic mass is 9.58. The van der Waals surface area contributed by atoms with Gasteiger partial charge in [0.25, 0.3) is 0 Å². The maximum atomic E-state index is 10.3. The molecule has 0 spiro atoms. The average Bonchev–Trinajstić information content (AvgIpc) is 2.80. The first-order valence-electron chi connectivity index (χ1n) is 11.5. The van der Waals surface area contributed by atoms with Crippen molar-refractivity contribution in [3.8, 4) is 29.7 Å². The molecule has 0 unspecified atom stereocenters. The molecule has 0 amide bonds. The molecule has 172 valence electrons. The van der Waals surface area contributed by atoms with E-state index in [1.165, 1.54) is 0 Å².